The van der Waals surface area contributed by atoms with Crippen LogP contribution in [0.2, 0.25) is 0 Å². The summed E-state index contributed by atoms with van der Waals surface area (Å²) in [5.74, 6) is 1.35. The molecule has 0 bridgehead atoms. The van der Waals surface area contributed by atoms with E-state index in [2.05, 4.69) is 141 Å². The van der Waals surface area contributed by atoms with Gasteiger partial charge in [0, 0.05) is 55.6 Å². The molecule has 7 heteroatoms. The quantitative estimate of drug-likeness (QED) is 0.125. The van der Waals surface area contributed by atoms with Crippen LogP contribution >= 0.6 is 0 Å². The van der Waals surface area contributed by atoms with Crippen LogP contribution in [0.1, 0.15) is 11.1 Å². The molecule has 11 rings (SSSR count). The van der Waals surface area contributed by atoms with Gasteiger partial charge in [-0.05, 0) is 66.7 Å². The molecule has 11 aromatic rings. The van der Waals surface area contributed by atoms with E-state index < -0.39 is 0 Å². The number of anilines is 1. The highest BCUT2D eigenvalue weighted by molar-refractivity contribution is 6.27. The van der Waals surface area contributed by atoms with E-state index >= 15 is 0 Å². The number of amidine groups is 2. The third kappa shape index (κ3) is 5.63. The number of imidazole rings is 1. The first-order chi connectivity index (χ1) is 29.6. The van der Waals surface area contributed by atoms with E-state index in [0.717, 1.165) is 89.1 Å². The van der Waals surface area contributed by atoms with Gasteiger partial charge >= 0.3 is 0 Å². The first-order valence-corrected chi connectivity index (χ1v) is 20.0. The number of para-hydroxylation sites is 3. The first kappa shape index (κ1) is 34.9. The Bertz CT molecular complexity index is 3310. The summed E-state index contributed by atoms with van der Waals surface area (Å²) in [6.07, 6.45) is 0. The molecule has 0 fully saturated rings. The topological polar surface area (TPSA) is 78.6 Å². The summed E-state index contributed by atoms with van der Waals surface area (Å²) in [6, 6.07) is 72.1. The molecule has 0 spiro atoms. The van der Waals surface area contributed by atoms with Crippen LogP contribution < -0.4 is 4.90 Å². The molecular weight excluding hydrogens is 735 g/mol. The van der Waals surface area contributed by atoms with Crippen LogP contribution in [-0.2, 0) is 0 Å². The number of fused-ring (bicyclic) bond motifs is 6. The van der Waals surface area contributed by atoms with Crippen LogP contribution in [0, 0.1) is 10.8 Å². The highest BCUT2D eigenvalue weighted by Gasteiger charge is 2.26. The molecule has 0 atom stereocenters. The van der Waals surface area contributed by atoms with Crippen molar-refractivity contribution < 1.29 is 0 Å². The van der Waals surface area contributed by atoms with Crippen molar-refractivity contribution in [3.05, 3.63) is 223 Å². The van der Waals surface area contributed by atoms with Gasteiger partial charge in [0.2, 0.25) is 0 Å². The summed E-state index contributed by atoms with van der Waals surface area (Å²) < 4.78 is 6.93. The Kier molecular flexibility index (Phi) is 8.30. The number of benzene rings is 8. The molecule has 0 aliphatic heterocycles. The third-order valence-electron chi connectivity index (χ3n) is 11.3. The van der Waals surface area contributed by atoms with Crippen LogP contribution in [0.3, 0.4) is 0 Å². The molecule has 0 unspecified atom stereocenters. The van der Waals surface area contributed by atoms with Gasteiger partial charge in [0.25, 0.3) is 0 Å². The zero-order valence-corrected chi connectivity index (χ0v) is 32.4. The largest absolute Gasteiger partial charge is 0.309 e. The minimum atomic E-state index is 0.230. The summed E-state index contributed by atoms with van der Waals surface area (Å²) in [5, 5.41) is 22.0. The van der Waals surface area contributed by atoms with Gasteiger partial charge in [0.05, 0.1) is 16.6 Å². The van der Waals surface area contributed by atoms with E-state index in [1.807, 2.05) is 84.9 Å². The lowest BCUT2D eigenvalue weighted by Crippen LogP contribution is -2.37. The van der Waals surface area contributed by atoms with E-state index in [-0.39, 0.29) is 11.7 Å². The van der Waals surface area contributed by atoms with Crippen molar-refractivity contribution in [2.45, 2.75) is 0 Å². The van der Waals surface area contributed by atoms with E-state index in [4.69, 9.17) is 4.98 Å². The van der Waals surface area contributed by atoms with Crippen molar-refractivity contribution in [1.29, 1.82) is 10.8 Å². The fourth-order valence-electron chi connectivity index (χ4n) is 8.60. The van der Waals surface area contributed by atoms with Crippen molar-refractivity contribution in [1.82, 2.24) is 18.7 Å². The lowest BCUT2D eigenvalue weighted by atomic mass is 10.1. The molecule has 7 nitrogen and oxygen atoms in total. The van der Waals surface area contributed by atoms with Crippen molar-refractivity contribution in [3.63, 3.8) is 0 Å². The second-order valence-electron chi connectivity index (χ2n) is 14.8. The molecule has 0 radical (unpaired) electrons. The van der Waals surface area contributed by atoms with Crippen molar-refractivity contribution >= 4 is 61.2 Å². The molecule has 0 saturated carbocycles. The molecule has 0 amide bonds. The fraction of sp³-hybridized carbons (Fsp3) is 0. The van der Waals surface area contributed by atoms with Crippen LogP contribution in [0.25, 0.3) is 72.3 Å². The van der Waals surface area contributed by atoms with E-state index in [0.29, 0.717) is 0 Å². The second kappa shape index (κ2) is 14.3. The maximum atomic E-state index is 9.32. The molecule has 0 aliphatic rings. The van der Waals surface area contributed by atoms with Crippen LogP contribution in [-0.4, -0.2) is 30.4 Å². The third-order valence-corrected chi connectivity index (χ3v) is 11.3. The Hall–Kier alpha value is -8.29. The summed E-state index contributed by atoms with van der Waals surface area (Å²) in [7, 11) is 0. The van der Waals surface area contributed by atoms with Gasteiger partial charge < -0.3 is 4.57 Å². The highest BCUT2D eigenvalue weighted by atomic mass is 15.2. The normalized spacial score (nSPS) is 11.5. The van der Waals surface area contributed by atoms with E-state index in [1.165, 1.54) is 0 Å². The standard InChI is InChI=1S/C53H37N7/c54-50(36-18-6-1-7-19-36)60(51(55)37-20-8-2-9-21-37)42-32-30-41(31-33-42)57-46-29-17-16-28-43(46)44-34-45-48(35-47(44)57)58(39-24-12-4-13-25-39)53-49(45)59(40-26-14-5-15-27-40)52(56-53)38-22-10-3-11-23-38/h1-35,54-55H. The summed E-state index contributed by atoms with van der Waals surface area (Å²) in [5.41, 5.74) is 11.4. The molecule has 0 saturated heterocycles. The van der Waals surface area contributed by atoms with Gasteiger partial charge in [-0.2, -0.15) is 0 Å². The van der Waals surface area contributed by atoms with Crippen molar-refractivity contribution in [2.24, 2.45) is 0 Å². The van der Waals surface area contributed by atoms with Crippen LogP contribution in [0.5, 0.6) is 0 Å². The maximum Gasteiger partial charge on any atom is 0.165 e. The molecule has 0 aliphatic carbocycles. The first-order valence-electron chi connectivity index (χ1n) is 20.0. The van der Waals surface area contributed by atoms with Crippen molar-refractivity contribution in [3.8, 4) is 28.5 Å². The number of rotatable bonds is 7. The molecular formula is C53H37N7. The van der Waals surface area contributed by atoms with Gasteiger partial charge in [-0.3, -0.25) is 24.9 Å². The molecule has 284 valence electrons. The van der Waals surface area contributed by atoms with Gasteiger partial charge in [-0.25, -0.2) is 4.98 Å². The van der Waals surface area contributed by atoms with E-state index in [9.17, 15) is 10.8 Å². The van der Waals surface area contributed by atoms with Gasteiger partial charge in [-0.15, -0.1) is 0 Å². The maximum absolute atomic E-state index is 9.32. The van der Waals surface area contributed by atoms with Crippen LogP contribution in [0.4, 0.5) is 5.69 Å². The molecule has 3 aromatic heterocycles. The number of nitrogens with one attached hydrogen (secondary N) is 2. The number of hydrogen-bond donors (Lipinski definition) is 2. The zero-order valence-electron chi connectivity index (χ0n) is 32.4. The Morgan fingerprint density at radius 3 is 1.48 bits per heavy atom. The van der Waals surface area contributed by atoms with Crippen LogP contribution in [0.15, 0.2) is 212 Å². The minimum absolute atomic E-state index is 0.230. The predicted molar refractivity (Wildman–Crippen MR) is 247 cm³/mol. The Morgan fingerprint density at radius 1 is 0.400 bits per heavy atom. The zero-order chi connectivity index (χ0) is 40.2. The summed E-state index contributed by atoms with van der Waals surface area (Å²) >= 11 is 0. The van der Waals surface area contributed by atoms with Gasteiger partial charge in [0.1, 0.15) is 23.0 Å². The van der Waals surface area contributed by atoms with Gasteiger partial charge in [0.15, 0.2) is 5.65 Å². The Balaban J connectivity index is 1.15. The highest BCUT2D eigenvalue weighted by Crippen LogP contribution is 2.42. The Labute approximate surface area is 346 Å². The average molecular weight is 772 g/mol. The number of aromatic nitrogens is 4. The van der Waals surface area contributed by atoms with E-state index in [1.54, 1.807) is 4.90 Å². The molecule has 60 heavy (non-hydrogen) atoms. The Morgan fingerprint density at radius 2 is 0.883 bits per heavy atom. The molecule has 3 heterocycles. The lowest BCUT2D eigenvalue weighted by molar-refractivity contribution is 1.10. The minimum Gasteiger partial charge on any atom is -0.309 e. The molecule has 8 aromatic carbocycles. The SMILES string of the molecule is N=C(c1ccccc1)N(C(=N)c1ccccc1)c1ccc(-n2c3ccccc3c3cc4c5c(nc(-c6ccccc6)n5-c5ccccc5)n(-c5ccccc5)c4cc32)cc1. The summed E-state index contributed by atoms with van der Waals surface area (Å²) in [4.78, 5) is 7.18. The lowest BCUT2D eigenvalue weighted by Gasteiger charge is -2.26. The van der Waals surface area contributed by atoms with Gasteiger partial charge in [-0.1, -0.05) is 146 Å². The summed E-state index contributed by atoms with van der Waals surface area (Å²) in [6.45, 7) is 0. The second-order valence-corrected chi connectivity index (χ2v) is 14.8. The number of nitrogens with zero attached hydrogens (tertiary/aromatic N) is 5. The number of hydrogen-bond acceptors (Lipinski definition) is 3. The average Bonchev–Trinajstić information content (AvgIpc) is 3.96. The molecule has 2 N–H and O–H groups in total. The van der Waals surface area contributed by atoms with Crippen molar-refractivity contribution in [2.75, 3.05) is 4.90 Å². The monoisotopic (exact) mass is 771 g/mol. The predicted octanol–water partition coefficient (Wildman–Crippen LogP) is 12.6. The smallest absolute Gasteiger partial charge is 0.165 e. The fourth-order valence-corrected chi connectivity index (χ4v) is 8.60.